The van der Waals surface area contributed by atoms with Gasteiger partial charge in [0.1, 0.15) is 0 Å². The number of nitrogens with zero attached hydrogens (tertiary/aromatic N) is 1. The fourth-order valence-electron chi connectivity index (χ4n) is 3.30. The van der Waals surface area contributed by atoms with Crippen LogP contribution in [0.4, 0.5) is 0 Å². The molecule has 0 amide bonds. The second-order valence-corrected chi connectivity index (χ2v) is 6.76. The number of hydrogen-bond acceptors (Lipinski definition) is 3. The van der Waals surface area contributed by atoms with Gasteiger partial charge in [-0.05, 0) is 56.7 Å². The van der Waals surface area contributed by atoms with Crippen LogP contribution >= 0.6 is 0 Å². The molecular weight excluding hydrogens is 314 g/mol. The molecule has 0 aliphatic carbocycles. The Morgan fingerprint density at radius 1 is 1.20 bits per heavy atom. The van der Waals surface area contributed by atoms with Crippen LogP contribution in [-0.4, -0.2) is 52.0 Å². The summed E-state index contributed by atoms with van der Waals surface area (Å²) in [5.74, 6) is 0.853. The number of rotatable bonds is 8. The zero-order chi connectivity index (χ0) is 18.1. The van der Waals surface area contributed by atoms with Gasteiger partial charge in [0, 0.05) is 33.4 Å². The van der Waals surface area contributed by atoms with E-state index in [0.717, 1.165) is 58.1 Å². The van der Waals surface area contributed by atoms with Crippen molar-refractivity contribution in [3.63, 3.8) is 0 Å². The molecule has 1 aliphatic heterocycles. The maximum atomic E-state index is 5.77. The van der Waals surface area contributed by atoms with E-state index in [4.69, 9.17) is 9.47 Å². The van der Waals surface area contributed by atoms with Crippen molar-refractivity contribution in [3.05, 3.63) is 34.4 Å². The van der Waals surface area contributed by atoms with Crippen molar-refractivity contribution in [2.24, 2.45) is 4.99 Å². The first-order chi connectivity index (χ1) is 12.1. The maximum absolute atomic E-state index is 5.77. The number of benzene rings is 1. The van der Waals surface area contributed by atoms with Gasteiger partial charge in [0.15, 0.2) is 5.96 Å². The molecule has 1 heterocycles. The van der Waals surface area contributed by atoms with E-state index in [9.17, 15) is 0 Å². The van der Waals surface area contributed by atoms with Crippen LogP contribution in [0.2, 0.25) is 0 Å². The molecule has 2 N–H and O–H groups in total. The molecule has 25 heavy (non-hydrogen) atoms. The van der Waals surface area contributed by atoms with Gasteiger partial charge in [0.25, 0.3) is 0 Å². The first-order valence-corrected chi connectivity index (χ1v) is 9.30. The largest absolute Gasteiger partial charge is 0.379 e. The maximum Gasteiger partial charge on any atom is 0.190 e. The third kappa shape index (κ3) is 6.67. The second-order valence-electron chi connectivity index (χ2n) is 6.76. The van der Waals surface area contributed by atoms with Crippen LogP contribution < -0.4 is 10.6 Å². The molecule has 0 radical (unpaired) electrons. The Morgan fingerprint density at radius 2 is 1.92 bits per heavy atom. The van der Waals surface area contributed by atoms with Gasteiger partial charge in [0.05, 0.1) is 12.7 Å². The van der Waals surface area contributed by atoms with Crippen LogP contribution in [0, 0.1) is 20.8 Å². The normalized spacial score (nSPS) is 17.8. The Hall–Kier alpha value is -1.59. The van der Waals surface area contributed by atoms with Crippen LogP contribution in [0.1, 0.15) is 35.1 Å². The van der Waals surface area contributed by atoms with E-state index in [-0.39, 0.29) is 0 Å². The minimum atomic E-state index is 0.290. The van der Waals surface area contributed by atoms with Crippen LogP contribution in [0.15, 0.2) is 17.1 Å². The highest BCUT2D eigenvalue weighted by molar-refractivity contribution is 5.79. The average molecular weight is 348 g/mol. The summed E-state index contributed by atoms with van der Waals surface area (Å²) in [6, 6.07) is 4.51. The van der Waals surface area contributed by atoms with Crippen molar-refractivity contribution in [2.75, 3.05) is 40.0 Å². The fraction of sp³-hybridized carbons (Fsp3) is 0.650. The van der Waals surface area contributed by atoms with E-state index in [0.29, 0.717) is 6.10 Å². The minimum absolute atomic E-state index is 0.290. The van der Waals surface area contributed by atoms with E-state index in [1.54, 1.807) is 0 Å². The Bertz CT molecular complexity index is 543. The van der Waals surface area contributed by atoms with E-state index in [2.05, 4.69) is 48.5 Å². The topological polar surface area (TPSA) is 54.9 Å². The SMILES string of the molecule is CN=C(NCCCOC1CCOC1)NCCc1c(C)cc(C)cc1C. The van der Waals surface area contributed by atoms with E-state index >= 15 is 0 Å². The fourth-order valence-corrected chi connectivity index (χ4v) is 3.30. The molecule has 1 aromatic rings. The summed E-state index contributed by atoms with van der Waals surface area (Å²) in [5.41, 5.74) is 5.50. The lowest BCUT2D eigenvalue weighted by molar-refractivity contribution is 0.0420. The molecular formula is C20H33N3O2. The highest BCUT2D eigenvalue weighted by Gasteiger charge is 2.15. The molecule has 5 heteroatoms. The number of hydrogen-bond donors (Lipinski definition) is 2. The van der Waals surface area contributed by atoms with Gasteiger partial charge in [-0.25, -0.2) is 0 Å². The Kier molecular flexibility index (Phi) is 8.22. The van der Waals surface area contributed by atoms with Crippen molar-refractivity contribution in [1.82, 2.24) is 10.6 Å². The summed E-state index contributed by atoms with van der Waals surface area (Å²) in [5, 5.41) is 6.74. The number of ether oxygens (including phenoxy) is 2. The predicted molar refractivity (Wildman–Crippen MR) is 104 cm³/mol. The van der Waals surface area contributed by atoms with Gasteiger partial charge in [-0.2, -0.15) is 0 Å². The number of aryl methyl sites for hydroxylation is 3. The van der Waals surface area contributed by atoms with Gasteiger partial charge >= 0.3 is 0 Å². The molecule has 0 saturated carbocycles. The van der Waals surface area contributed by atoms with E-state index in [1.807, 2.05) is 7.05 Å². The van der Waals surface area contributed by atoms with Crippen LogP contribution in [-0.2, 0) is 15.9 Å². The van der Waals surface area contributed by atoms with Crippen molar-refractivity contribution in [2.45, 2.75) is 46.1 Å². The van der Waals surface area contributed by atoms with Gasteiger partial charge < -0.3 is 20.1 Å². The van der Waals surface area contributed by atoms with Crippen molar-refractivity contribution >= 4 is 5.96 Å². The lowest BCUT2D eigenvalue weighted by Crippen LogP contribution is -2.39. The molecule has 1 unspecified atom stereocenters. The molecule has 5 nitrogen and oxygen atoms in total. The quantitative estimate of drug-likeness (QED) is 0.431. The van der Waals surface area contributed by atoms with Crippen molar-refractivity contribution in [3.8, 4) is 0 Å². The lowest BCUT2D eigenvalue weighted by atomic mass is 9.97. The molecule has 1 fully saturated rings. The summed E-state index contributed by atoms with van der Waals surface area (Å²) in [7, 11) is 1.81. The molecule has 0 aromatic heterocycles. The van der Waals surface area contributed by atoms with Crippen molar-refractivity contribution < 1.29 is 9.47 Å². The van der Waals surface area contributed by atoms with E-state index in [1.165, 1.54) is 22.3 Å². The Morgan fingerprint density at radius 3 is 2.56 bits per heavy atom. The van der Waals surface area contributed by atoms with Crippen molar-refractivity contribution in [1.29, 1.82) is 0 Å². The molecule has 0 spiro atoms. The standard InChI is InChI=1S/C20H33N3O2/c1-15-12-16(2)19(17(3)13-15)6-9-23-20(21-4)22-8-5-10-25-18-7-11-24-14-18/h12-13,18H,5-11,14H2,1-4H3,(H2,21,22,23). The Labute approximate surface area is 152 Å². The van der Waals surface area contributed by atoms with Crippen LogP contribution in [0.3, 0.4) is 0 Å². The number of aliphatic imine (C=N–C) groups is 1. The molecule has 0 bridgehead atoms. The summed E-state index contributed by atoms with van der Waals surface area (Å²) in [4.78, 5) is 4.29. The van der Waals surface area contributed by atoms with Crippen LogP contribution in [0.5, 0.6) is 0 Å². The minimum Gasteiger partial charge on any atom is -0.379 e. The molecule has 2 rings (SSSR count). The van der Waals surface area contributed by atoms with Crippen LogP contribution in [0.25, 0.3) is 0 Å². The smallest absolute Gasteiger partial charge is 0.190 e. The van der Waals surface area contributed by atoms with Gasteiger partial charge in [0.2, 0.25) is 0 Å². The zero-order valence-corrected chi connectivity index (χ0v) is 16.2. The summed E-state index contributed by atoms with van der Waals surface area (Å²) in [6.45, 7) is 10.6. The molecule has 1 atom stereocenters. The molecule has 140 valence electrons. The summed E-state index contributed by atoms with van der Waals surface area (Å²) < 4.78 is 11.1. The molecule has 1 aliphatic rings. The first kappa shape index (κ1) is 19.7. The highest BCUT2D eigenvalue weighted by Crippen LogP contribution is 2.16. The predicted octanol–water partition coefficient (Wildman–Crippen LogP) is 2.51. The first-order valence-electron chi connectivity index (χ1n) is 9.30. The van der Waals surface area contributed by atoms with E-state index < -0.39 is 0 Å². The highest BCUT2D eigenvalue weighted by atomic mass is 16.5. The van der Waals surface area contributed by atoms with Gasteiger partial charge in [-0.1, -0.05) is 17.7 Å². The monoisotopic (exact) mass is 347 g/mol. The third-order valence-corrected chi connectivity index (χ3v) is 4.59. The lowest BCUT2D eigenvalue weighted by Gasteiger charge is -2.15. The number of guanidine groups is 1. The average Bonchev–Trinajstić information content (AvgIpc) is 3.08. The molecule has 1 saturated heterocycles. The Balaban J connectivity index is 1.63. The van der Waals surface area contributed by atoms with Gasteiger partial charge in [-0.3, -0.25) is 4.99 Å². The summed E-state index contributed by atoms with van der Waals surface area (Å²) >= 11 is 0. The van der Waals surface area contributed by atoms with Gasteiger partial charge in [-0.15, -0.1) is 0 Å². The zero-order valence-electron chi connectivity index (χ0n) is 16.2. The molecule has 1 aromatic carbocycles. The third-order valence-electron chi connectivity index (χ3n) is 4.59. The summed E-state index contributed by atoms with van der Waals surface area (Å²) in [6.07, 6.45) is 3.28. The second kappa shape index (κ2) is 10.4. The number of nitrogens with one attached hydrogen (secondary N) is 2.